The molecule has 0 aliphatic carbocycles. The lowest BCUT2D eigenvalue weighted by molar-refractivity contribution is 0.415. The summed E-state index contributed by atoms with van der Waals surface area (Å²) < 4.78 is 5.02. The van der Waals surface area contributed by atoms with Crippen LogP contribution in [0.4, 0.5) is 5.82 Å². The van der Waals surface area contributed by atoms with Gasteiger partial charge in [-0.05, 0) is 29.8 Å². The van der Waals surface area contributed by atoms with Crippen molar-refractivity contribution in [3.05, 3.63) is 50.7 Å². The Bertz CT molecular complexity index is 686. The number of hydrogen-bond acceptors (Lipinski definition) is 6. The van der Waals surface area contributed by atoms with Crippen LogP contribution in [0.15, 0.2) is 39.0 Å². The zero-order valence-corrected chi connectivity index (χ0v) is 10.0. The Morgan fingerprint density at radius 1 is 1.32 bits per heavy atom. The summed E-state index contributed by atoms with van der Waals surface area (Å²) in [5.41, 5.74) is 1.93. The van der Waals surface area contributed by atoms with Gasteiger partial charge in [0.05, 0.1) is 13.3 Å². The van der Waals surface area contributed by atoms with Crippen molar-refractivity contribution in [2.24, 2.45) is 5.10 Å². The first-order valence-corrected chi connectivity index (χ1v) is 5.31. The third kappa shape index (κ3) is 3.28. The smallest absolute Gasteiger partial charge is 0.342 e. The molecule has 19 heavy (non-hydrogen) atoms. The predicted molar refractivity (Wildman–Crippen MR) is 69.7 cm³/mol. The molecule has 1 heterocycles. The maximum Gasteiger partial charge on any atom is 0.342 e. The molecule has 8 heteroatoms. The Hall–Kier alpha value is -2.90. The lowest BCUT2D eigenvalue weighted by atomic mass is 10.2. The number of nitrogens with zero attached hydrogens (tertiary/aromatic N) is 2. The molecular weight excluding hydrogens is 250 g/mol. The standard InChI is InChI=1S/C11H11N5O3/c1-19-8-4-2-7(3-5-8)6-12-14-9-10(17)13-11(18)16-15-9/h2-6H,1H3,(H,14,15)(H2,13,16,17,18)/b12-6-. The lowest BCUT2D eigenvalue weighted by Gasteiger charge is -1.99. The lowest BCUT2D eigenvalue weighted by Crippen LogP contribution is -2.25. The van der Waals surface area contributed by atoms with Gasteiger partial charge in [0.15, 0.2) is 0 Å². The normalized spacial score (nSPS) is 10.6. The van der Waals surface area contributed by atoms with Crippen molar-refractivity contribution in [2.45, 2.75) is 0 Å². The number of H-pyrrole nitrogens is 2. The summed E-state index contributed by atoms with van der Waals surface area (Å²) in [6, 6.07) is 7.17. The summed E-state index contributed by atoms with van der Waals surface area (Å²) in [5, 5.41) is 9.44. The quantitative estimate of drug-likeness (QED) is 0.526. The third-order valence-corrected chi connectivity index (χ3v) is 2.21. The molecule has 0 saturated carbocycles. The van der Waals surface area contributed by atoms with Crippen LogP contribution in [0.3, 0.4) is 0 Å². The number of aromatic amines is 2. The van der Waals surface area contributed by atoms with Crippen LogP contribution in [-0.2, 0) is 0 Å². The fourth-order valence-electron chi connectivity index (χ4n) is 1.28. The van der Waals surface area contributed by atoms with Gasteiger partial charge in [-0.25, -0.2) is 9.89 Å². The van der Waals surface area contributed by atoms with Crippen molar-refractivity contribution in [3.63, 3.8) is 0 Å². The summed E-state index contributed by atoms with van der Waals surface area (Å²) >= 11 is 0. The van der Waals surface area contributed by atoms with Gasteiger partial charge in [-0.1, -0.05) is 0 Å². The molecule has 0 aliphatic heterocycles. The van der Waals surface area contributed by atoms with Gasteiger partial charge in [-0.15, -0.1) is 5.10 Å². The van der Waals surface area contributed by atoms with Gasteiger partial charge in [0.1, 0.15) is 5.75 Å². The zero-order chi connectivity index (χ0) is 13.7. The first-order chi connectivity index (χ1) is 9.19. The van der Waals surface area contributed by atoms with E-state index in [4.69, 9.17) is 4.74 Å². The summed E-state index contributed by atoms with van der Waals surface area (Å²) in [4.78, 5) is 24.0. The molecule has 2 aromatic rings. The van der Waals surface area contributed by atoms with E-state index in [-0.39, 0.29) is 5.82 Å². The minimum Gasteiger partial charge on any atom is -0.497 e. The van der Waals surface area contributed by atoms with Crippen LogP contribution in [0.25, 0.3) is 0 Å². The van der Waals surface area contributed by atoms with Crippen LogP contribution in [-0.4, -0.2) is 28.5 Å². The van der Waals surface area contributed by atoms with E-state index in [9.17, 15) is 9.59 Å². The summed E-state index contributed by atoms with van der Waals surface area (Å²) in [7, 11) is 1.58. The topological polar surface area (TPSA) is 112 Å². The summed E-state index contributed by atoms with van der Waals surface area (Å²) in [6.07, 6.45) is 1.51. The highest BCUT2D eigenvalue weighted by Gasteiger charge is 1.98. The molecule has 8 nitrogen and oxygen atoms in total. The molecular formula is C11H11N5O3. The van der Waals surface area contributed by atoms with E-state index < -0.39 is 11.2 Å². The number of rotatable bonds is 4. The van der Waals surface area contributed by atoms with E-state index in [0.29, 0.717) is 0 Å². The number of anilines is 1. The van der Waals surface area contributed by atoms with Gasteiger partial charge in [-0.3, -0.25) is 15.2 Å². The molecule has 0 radical (unpaired) electrons. The molecule has 1 aromatic heterocycles. The summed E-state index contributed by atoms with van der Waals surface area (Å²) in [5.74, 6) is 0.646. The van der Waals surface area contributed by atoms with E-state index in [1.165, 1.54) is 6.21 Å². The molecule has 0 aliphatic rings. The second-order valence-electron chi connectivity index (χ2n) is 3.50. The van der Waals surface area contributed by atoms with Crippen molar-refractivity contribution in [2.75, 3.05) is 12.5 Å². The van der Waals surface area contributed by atoms with Crippen LogP contribution in [0.2, 0.25) is 0 Å². The highest BCUT2D eigenvalue weighted by molar-refractivity contribution is 5.80. The number of ether oxygens (including phenoxy) is 1. The molecule has 0 saturated heterocycles. The molecule has 98 valence electrons. The number of methoxy groups -OCH3 is 1. The molecule has 2 rings (SSSR count). The molecule has 0 atom stereocenters. The van der Waals surface area contributed by atoms with Crippen LogP contribution >= 0.6 is 0 Å². The van der Waals surface area contributed by atoms with E-state index in [2.05, 4.69) is 20.7 Å². The summed E-state index contributed by atoms with van der Waals surface area (Å²) in [6.45, 7) is 0. The fraction of sp³-hybridized carbons (Fsp3) is 0.0909. The average Bonchev–Trinajstić information content (AvgIpc) is 2.42. The van der Waals surface area contributed by atoms with Crippen LogP contribution in [0.1, 0.15) is 5.56 Å². The maximum absolute atomic E-state index is 11.3. The van der Waals surface area contributed by atoms with Gasteiger partial charge >= 0.3 is 5.69 Å². The molecule has 1 aromatic carbocycles. The molecule has 0 amide bonds. The van der Waals surface area contributed by atoms with Crippen molar-refractivity contribution in [1.29, 1.82) is 0 Å². The average molecular weight is 261 g/mol. The van der Waals surface area contributed by atoms with E-state index >= 15 is 0 Å². The number of hydrazone groups is 1. The van der Waals surface area contributed by atoms with Crippen molar-refractivity contribution >= 4 is 12.0 Å². The molecule has 0 spiro atoms. The number of aromatic nitrogens is 3. The van der Waals surface area contributed by atoms with Crippen LogP contribution in [0.5, 0.6) is 5.75 Å². The predicted octanol–water partition coefficient (Wildman–Crippen LogP) is -0.0872. The number of hydrogen-bond donors (Lipinski definition) is 3. The second-order valence-corrected chi connectivity index (χ2v) is 3.50. The van der Waals surface area contributed by atoms with Crippen molar-refractivity contribution < 1.29 is 4.74 Å². The maximum atomic E-state index is 11.3. The van der Waals surface area contributed by atoms with Crippen LogP contribution in [0, 0.1) is 0 Å². The van der Waals surface area contributed by atoms with E-state index in [1.54, 1.807) is 31.4 Å². The number of benzene rings is 1. The Kier molecular flexibility index (Phi) is 3.72. The Morgan fingerprint density at radius 3 is 2.68 bits per heavy atom. The van der Waals surface area contributed by atoms with Gasteiger partial charge < -0.3 is 4.74 Å². The Balaban J connectivity index is 2.06. The van der Waals surface area contributed by atoms with Gasteiger partial charge in [0.25, 0.3) is 5.56 Å². The second kappa shape index (κ2) is 5.63. The van der Waals surface area contributed by atoms with Gasteiger partial charge in [-0.2, -0.15) is 5.10 Å². The number of nitrogens with one attached hydrogen (secondary N) is 3. The highest BCUT2D eigenvalue weighted by atomic mass is 16.5. The first kappa shape index (κ1) is 12.6. The zero-order valence-electron chi connectivity index (χ0n) is 10.0. The molecule has 0 bridgehead atoms. The molecule has 0 fully saturated rings. The molecule has 3 N–H and O–H groups in total. The third-order valence-electron chi connectivity index (χ3n) is 2.21. The fourth-order valence-corrected chi connectivity index (χ4v) is 1.28. The van der Waals surface area contributed by atoms with E-state index in [0.717, 1.165) is 11.3 Å². The van der Waals surface area contributed by atoms with Crippen LogP contribution < -0.4 is 21.4 Å². The minimum absolute atomic E-state index is 0.0932. The van der Waals surface area contributed by atoms with Gasteiger partial charge in [0.2, 0.25) is 5.82 Å². The van der Waals surface area contributed by atoms with Crippen molar-refractivity contribution in [3.8, 4) is 5.75 Å². The first-order valence-electron chi connectivity index (χ1n) is 5.31. The highest BCUT2D eigenvalue weighted by Crippen LogP contribution is 2.09. The van der Waals surface area contributed by atoms with Crippen molar-refractivity contribution in [1.82, 2.24) is 15.2 Å². The molecule has 0 unspecified atom stereocenters. The Morgan fingerprint density at radius 2 is 2.05 bits per heavy atom. The van der Waals surface area contributed by atoms with Gasteiger partial charge in [0, 0.05) is 0 Å². The largest absolute Gasteiger partial charge is 0.497 e. The Labute approximate surface area is 107 Å². The SMILES string of the molecule is COc1ccc(/C=N\Nc2n[nH]c(=O)[nH]c2=O)cc1. The van der Waals surface area contributed by atoms with E-state index in [1.807, 2.05) is 4.98 Å². The monoisotopic (exact) mass is 261 g/mol. The minimum atomic E-state index is -0.672.